The van der Waals surface area contributed by atoms with E-state index < -0.39 is 0 Å². The number of nitrogens with zero attached hydrogens (tertiary/aromatic N) is 2. The van der Waals surface area contributed by atoms with Crippen molar-refractivity contribution in [3.63, 3.8) is 0 Å². The largest absolute Gasteiger partial charge is 0.859 e. The molecule has 0 spiro atoms. The van der Waals surface area contributed by atoms with Gasteiger partial charge < -0.3 is 10.0 Å². The van der Waals surface area contributed by atoms with Crippen molar-refractivity contribution in [1.82, 2.24) is 0 Å². The van der Waals surface area contributed by atoms with Gasteiger partial charge in [-0.1, -0.05) is 41.9 Å². The van der Waals surface area contributed by atoms with E-state index >= 15 is 0 Å². The second kappa shape index (κ2) is 5.02. The quantitative estimate of drug-likeness (QED) is 0.807. The number of anilines is 1. The van der Waals surface area contributed by atoms with Crippen molar-refractivity contribution in [3.05, 3.63) is 76.8 Å². The Hall–Kier alpha value is -2.26. The molecule has 0 aliphatic carbocycles. The van der Waals surface area contributed by atoms with E-state index in [1.165, 1.54) is 6.20 Å². The molecule has 20 heavy (non-hydrogen) atoms. The highest BCUT2D eigenvalue weighted by molar-refractivity contribution is 6.31. The molecule has 1 aliphatic rings. The van der Waals surface area contributed by atoms with E-state index in [1.54, 1.807) is 18.0 Å². The van der Waals surface area contributed by atoms with Crippen LogP contribution in [0.25, 0.3) is 0 Å². The van der Waals surface area contributed by atoms with Crippen molar-refractivity contribution in [3.8, 4) is 0 Å². The highest BCUT2D eigenvalue weighted by Crippen LogP contribution is 2.29. The molecule has 0 saturated carbocycles. The van der Waals surface area contributed by atoms with E-state index in [4.69, 9.17) is 11.6 Å². The summed E-state index contributed by atoms with van der Waals surface area (Å²) in [7, 11) is 1.73. The third-order valence-corrected chi connectivity index (χ3v) is 3.49. The summed E-state index contributed by atoms with van der Waals surface area (Å²) in [4.78, 5) is 5.92. The van der Waals surface area contributed by atoms with Gasteiger partial charge in [0.15, 0.2) is 0 Å². The van der Waals surface area contributed by atoms with Gasteiger partial charge in [-0.3, -0.25) is 4.99 Å². The normalized spacial score (nSPS) is 14.2. The van der Waals surface area contributed by atoms with E-state index in [9.17, 15) is 5.11 Å². The number of benzene rings is 2. The molecule has 1 heterocycles. The highest BCUT2D eigenvalue weighted by atomic mass is 35.5. The maximum Gasteiger partial charge on any atom is 0.0796 e. The minimum Gasteiger partial charge on any atom is -0.859 e. The first kappa shape index (κ1) is 12.8. The molecule has 0 bridgehead atoms. The summed E-state index contributed by atoms with van der Waals surface area (Å²) in [6.07, 6.45) is 1.34. The molecule has 0 saturated heterocycles. The fourth-order valence-corrected chi connectivity index (χ4v) is 2.38. The van der Waals surface area contributed by atoms with Crippen LogP contribution < -0.4 is 10.0 Å². The van der Waals surface area contributed by atoms with Gasteiger partial charge in [0.1, 0.15) is 0 Å². The second-order valence-corrected chi connectivity index (χ2v) is 4.97. The predicted octanol–water partition coefficient (Wildman–Crippen LogP) is 2.79. The van der Waals surface area contributed by atoms with Crippen LogP contribution in [0.3, 0.4) is 0 Å². The minimum absolute atomic E-state index is 0.153. The Bertz CT molecular complexity index is 708. The first-order valence-corrected chi connectivity index (χ1v) is 6.58. The van der Waals surface area contributed by atoms with Crippen LogP contribution in [0.1, 0.15) is 11.1 Å². The van der Waals surface area contributed by atoms with Gasteiger partial charge in [-0.15, -0.1) is 0 Å². The van der Waals surface area contributed by atoms with E-state index in [2.05, 4.69) is 4.99 Å². The molecular weight excluding hydrogens is 272 g/mol. The molecule has 2 aromatic carbocycles. The number of fused-ring (bicyclic) bond motifs is 1. The molecule has 100 valence electrons. The maximum absolute atomic E-state index is 12.0. The summed E-state index contributed by atoms with van der Waals surface area (Å²) in [5, 5.41) is 12.6. The van der Waals surface area contributed by atoms with Gasteiger partial charge in [-0.25, -0.2) is 0 Å². The summed E-state index contributed by atoms with van der Waals surface area (Å²) >= 11 is 6.10. The van der Waals surface area contributed by atoms with Gasteiger partial charge in [-0.2, -0.15) is 0 Å². The molecule has 0 radical (unpaired) electrons. The van der Waals surface area contributed by atoms with Crippen LogP contribution in [-0.2, 0) is 0 Å². The number of rotatable bonds is 1. The number of hydrogen-bond acceptors (Lipinski definition) is 3. The van der Waals surface area contributed by atoms with E-state index in [0.717, 1.165) is 22.5 Å². The molecular formula is C16H12ClN2O-. The van der Waals surface area contributed by atoms with Crippen LogP contribution in [-0.4, -0.2) is 12.8 Å². The Labute approximate surface area is 122 Å². The Kier molecular flexibility index (Phi) is 3.20. The molecule has 0 unspecified atom stereocenters. The molecule has 0 aromatic heterocycles. The summed E-state index contributed by atoms with van der Waals surface area (Å²) in [6, 6.07) is 15.2. The van der Waals surface area contributed by atoms with Crippen molar-refractivity contribution >= 4 is 23.0 Å². The maximum atomic E-state index is 12.0. The fourth-order valence-electron chi connectivity index (χ4n) is 2.21. The molecule has 0 amide bonds. The molecule has 0 fully saturated rings. The van der Waals surface area contributed by atoms with Gasteiger partial charge in [0, 0.05) is 35.1 Å². The van der Waals surface area contributed by atoms with Crippen LogP contribution >= 0.6 is 11.6 Å². The van der Waals surface area contributed by atoms with Gasteiger partial charge in [0.05, 0.1) is 5.71 Å². The topological polar surface area (TPSA) is 38.7 Å². The van der Waals surface area contributed by atoms with Crippen molar-refractivity contribution in [2.45, 2.75) is 0 Å². The van der Waals surface area contributed by atoms with Crippen molar-refractivity contribution in [2.75, 3.05) is 11.9 Å². The first-order chi connectivity index (χ1) is 9.66. The molecule has 1 aliphatic heterocycles. The number of halogens is 1. The van der Waals surface area contributed by atoms with Crippen molar-refractivity contribution in [1.29, 1.82) is 0 Å². The first-order valence-electron chi connectivity index (χ1n) is 6.21. The van der Waals surface area contributed by atoms with Gasteiger partial charge in [0.25, 0.3) is 0 Å². The smallest absolute Gasteiger partial charge is 0.0796 e. The van der Waals surface area contributed by atoms with E-state index in [-0.39, 0.29) is 5.88 Å². The van der Waals surface area contributed by atoms with E-state index in [0.29, 0.717) is 5.02 Å². The summed E-state index contributed by atoms with van der Waals surface area (Å²) < 4.78 is 0. The van der Waals surface area contributed by atoms with E-state index in [1.807, 2.05) is 42.5 Å². The number of hydrogen-bond donors (Lipinski definition) is 0. The zero-order valence-corrected chi connectivity index (χ0v) is 11.6. The summed E-state index contributed by atoms with van der Waals surface area (Å²) in [5.41, 5.74) is 3.36. The summed E-state index contributed by atoms with van der Waals surface area (Å²) in [6.45, 7) is 0. The highest BCUT2D eigenvalue weighted by Gasteiger charge is 2.16. The second-order valence-electron chi connectivity index (χ2n) is 4.53. The Balaban J connectivity index is 2.25. The fraction of sp³-hybridized carbons (Fsp3) is 0.0625. The van der Waals surface area contributed by atoms with Crippen LogP contribution in [0, 0.1) is 0 Å². The summed E-state index contributed by atoms with van der Waals surface area (Å²) in [5.74, 6) is -0.153. The third kappa shape index (κ3) is 2.17. The van der Waals surface area contributed by atoms with Crippen LogP contribution in [0.5, 0.6) is 0 Å². The lowest BCUT2D eigenvalue weighted by atomic mass is 10.0. The molecule has 0 N–H and O–H groups in total. The van der Waals surface area contributed by atoms with Crippen LogP contribution in [0.4, 0.5) is 5.69 Å². The SMILES string of the molecule is CN1C([O-])=CN=C(c2ccccc2)c2cc(Cl)ccc21. The molecule has 3 nitrogen and oxygen atoms in total. The van der Waals surface area contributed by atoms with Gasteiger partial charge in [-0.05, 0) is 24.1 Å². The van der Waals surface area contributed by atoms with Gasteiger partial charge >= 0.3 is 0 Å². The molecule has 2 aromatic rings. The Morgan fingerprint density at radius 3 is 2.60 bits per heavy atom. The third-order valence-electron chi connectivity index (χ3n) is 3.26. The minimum atomic E-state index is -0.153. The monoisotopic (exact) mass is 283 g/mol. The zero-order valence-electron chi connectivity index (χ0n) is 10.9. The average Bonchev–Trinajstić information content (AvgIpc) is 2.58. The Morgan fingerprint density at radius 2 is 1.85 bits per heavy atom. The average molecular weight is 284 g/mol. The van der Waals surface area contributed by atoms with Crippen molar-refractivity contribution < 1.29 is 5.11 Å². The number of aliphatic imine (C=N–C) groups is 1. The lowest BCUT2D eigenvalue weighted by Crippen LogP contribution is -2.26. The predicted molar refractivity (Wildman–Crippen MR) is 80.0 cm³/mol. The molecule has 0 atom stereocenters. The zero-order chi connectivity index (χ0) is 14.1. The standard InChI is InChI=1S/C16H13ClN2O/c1-19-14-8-7-12(17)9-13(14)16(18-10-15(19)20)11-5-3-2-4-6-11/h2-10,20H,1H3/p-1. The molecule has 3 rings (SSSR count). The van der Waals surface area contributed by atoms with Gasteiger partial charge in [0.2, 0.25) is 0 Å². The lowest BCUT2D eigenvalue weighted by Gasteiger charge is -2.26. The molecule has 4 heteroatoms. The lowest BCUT2D eigenvalue weighted by molar-refractivity contribution is -0.305. The van der Waals surface area contributed by atoms with Crippen LogP contribution in [0.15, 0.2) is 65.6 Å². The van der Waals surface area contributed by atoms with Crippen molar-refractivity contribution in [2.24, 2.45) is 4.99 Å². The Morgan fingerprint density at radius 1 is 1.10 bits per heavy atom. The van der Waals surface area contributed by atoms with Crippen LogP contribution in [0.2, 0.25) is 5.02 Å².